The van der Waals surface area contributed by atoms with E-state index in [0.29, 0.717) is 16.5 Å². The first-order chi connectivity index (χ1) is 9.04. The van der Waals surface area contributed by atoms with Gasteiger partial charge in [-0.1, -0.05) is 29.3 Å². The summed E-state index contributed by atoms with van der Waals surface area (Å²) in [5.41, 5.74) is 1.25. The predicted molar refractivity (Wildman–Crippen MR) is 80.9 cm³/mol. The van der Waals surface area contributed by atoms with Crippen molar-refractivity contribution in [3.63, 3.8) is 0 Å². The van der Waals surface area contributed by atoms with Crippen LogP contribution in [0.3, 0.4) is 0 Å². The van der Waals surface area contributed by atoms with Crippen LogP contribution in [0.15, 0.2) is 18.2 Å². The van der Waals surface area contributed by atoms with Crippen LogP contribution in [0.5, 0.6) is 0 Å². The van der Waals surface area contributed by atoms with Gasteiger partial charge in [0.1, 0.15) is 0 Å². The highest BCUT2D eigenvalue weighted by atomic mass is 35.5. The molecule has 1 aliphatic rings. The molecule has 0 amide bonds. The first-order valence-electron chi connectivity index (χ1n) is 6.13. The SMILES string of the molecule is COC(=O)CC1(CSCc2ccc(Cl)cc2Cl)CC1. The summed E-state index contributed by atoms with van der Waals surface area (Å²) < 4.78 is 4.74. The van der Waals surface area contributed by atoms with E-state index in [1.807, 2.05) is 23.9 Å². The fourth-order valence-electron chi connectivity index (χ4n) is 1.94. The first kappa shape index (κ1) is 15.0. The lowest BCUT2D eigenvalue weighted by molar-refractivity contribution is -0.141. The molecule has 0 radical (unpaired) electrons. The number of methoxy groups -OCH3 is 1. The number of thioether (sulfide) groups is 1. The molecule has 0 aromatic heterocycles. The van der Waals surface area contributed by atoms with Gasteiger partial charge in [0.2, 0.25) is 0 Å². The molecule has 0 unspecified atom stereocenters. The Labute approximate surface area is 127 Å². The first-order valence-corrected chi connectivity index (χ1v) is 8.04. The van der Waals surface area contributed by atoms with Crippen LogP contribution in [0.2, 0.25) is 10.0 Å². The maximum atomic E-state index is 11.3. The minimum absolute atomic E-state index is 0.109. The summed E-state index contributed by atoms with van der Waals surface area (Å²) in [7, 11) is 1.44. The van der Waals surface area contributed by atoms with Crippen molar-refractivity contribution in [2.75, 3.05) is 12.9 Å². The summed E-state index contributed by atoms with van der Waals surface area (Å²) in [5.74, 6) is 1.71. The van der Waals surface area contributed by atoms with Crippen LogP contribution in [0.1, 0.15) is 24.8 Å². The van der Waals surface area contributed by atoms with Crippen molar-refractivity contribution in [1.82, 2.24) is 0 Å². The Kier molecular flexibility index (Phi) is 5.04. The van der Waals surface area contributed by atoms with E-state index in [4.69, 9.17) is 27.9 Å². The van der Waals surface area contributed by atoms with E-state index in [0.717, 1.165) is 29.9 Å². The van der Waals surface area contributed by atoms with E-state index in [2.05, 4.69) is 0 Å². The Bertz CT molecular complexity index is 473. The van der Waals surface area contributed by atoms with Gasteiger partial charge >= 0.3 is 5.97 Å². The van der Waals surface area contributed by atoms with Gasteiger partial charge in [0.15, 0.2) is 0 Å². The maximum absolute atomic E-state index is 11.3. The molecule has 0 bridgehead atoms. The predicted octanol–water partition coefficient (Wildman–Crippen LogP) is 4.57. The molecule has 1 aliphatic carbocycles. The molecule has 0 spiro atoms. The molecule has 1 aromatic carbocycles. The number of hydrogen-bond acceptors (Lipinski definition) is 3. The van der Waals surface area contributed by atoms with E-state index >= 15 is 0 Å². The number of halogens is 2. The van der Waals surface area contributed by atoms with Crippen LogP contribution in [0.4, 0.5) is 0 Å². The number of hydrogen-bond donors (Lipinski definition) is 0. The molecule has 0 atom stereocenters. The monoisotopic (exact) mass is 318 g/mol. The summed E-state index contributed by atoms with van der Waals surface area (Å²) in [4.78, 5) is 11.3. The number of rotatable bonds is 6. The average molecular weight is 319 g/mol. The van der Waals surface area contributed by atoms with E-state index in [9.17, 15) is 4.79 Å². The van der Waals surface area contributed by atoms with E-state index < -0.39 is 0 Å². The topological polar surface area (TPSA) is 26.3 Å². The molecule has 2 nitrogen and oxygen atoms in total. The minimum atomic E-state index is -0.109. The zero-order valence-electron chi connectivity index (χ0n) is 10.7. The molecule has 5 heteroatoms. The van der Waals surface area contributed by atoms with Crippen LogP contribution >= 0.6 is 35.0 Å². The second kappa shape index (κ2) is 6.38. The van der Waals surface area contributed by atoms with E-state index in [1.165, 1.54) is 7.11 Å². The van der Waals surface area contributed by atoms with Crippen molar-refractivity contribution in [2.45, 2.75) is 25.0 Å². The summed E-state index contributed by atoms with van der Waals surface area (Å²) in [6, 6.07) is 5.57. The second-order valence-electron chi connectivity index (χ2n) is 4.98. The van der Waals surface area contributed by atoms with Crippen LogP contribution in [0, 0.1) is 5.41 Å². The normalized spacial score (nSPS) is 16.2. The van der Waals surface area contributed by atoms with Crippen molar-refractivity contribution in [3.05, 3.63) is 33.8 Å². The summed E-state index contributed by atoms with van der Waals surface area (Å²) in [6.45, 7) is 0. The van der Waals surface area contributed by atoms with Gasteiger partial charge in [0, 0.05) is 15.8 Å². The third kappa shape index (κ3) is 4.30. The van der Waals surface area contributed by atoms with Gasteiger partial charge in [-0.15, -0.1) is 0 Å². The van der Waals surface area contributed by atoms with E-state index in [-0.39, 0.29) is 11.4 Å². The Balaban J connectivity index is 1.82. The second-order valence-corrected chi connectivity index (χ2v) is 6.81. The van der Waals surface area contributed by atoms with Gasteiger partial charge in [0.25, 0.3) is 0 Å². The van der Waals surface area contributed by atoms with Gasteiger partial charge in [0.05, 0.1) is 13.5 Å². The molecular weight excluding hydrogens is 303 g/mol. The smallest absolute Gasteiger partial charge is 0.306 e. The largest absolute Gasteiger partial charge is 0.469 e. The summed E-state index contributed by atoms with van der Waals surface area (Å²) in [6.07, 6.45) is 2.76. The Hall–Kier alpha value is -0.380. The highest BCUT2D eigenvalue weighted by molar-refractivity contribution is 7.98. The zero-order chi connectivity index (χ0) is 13.9. The van der Waals surface area contributed by atoms with E-state index in [1.54, 1.807) is 6.07 Å². The minimum Gasteiger partial charge on any atom is -0.469 e. The molecule has 0 aliphatic heterocycles. The summed E-state index contributed by atoms with van der Waals surface area (Å²) in [5, 5.41) is 1.36. The third-order valence-corrected chi connectivity index (χ3v) is 5.30. The van der Waals surface area contributed by atoms with Crippen LogP contribution < -0.4 is 0 Å². The highest BCUT2D eigenvalue weighted by Crippen LogP contribution is 2.51. The standard InChI is InChI=1S/C14H16Cl2O2S/c1-18-13(17)7-14(4-5-14)9-19-8-10-2-3-11(15)6-12(10)16/h2-3,6H,4-5,7-9H2,1H3. The molecule has 0 saturated heterocycles. The van der Waals surface area contributed by atoms with Crippen LogP contribution in [-0.4, -0.2) is 18.8 Å². The molecule has 0 heterocycles. The Morgan fingerprint density at radius 3 is 2.74 bits per heavy atom. The fourth-order valence-corrected chi connectivity index (χ4v) is 3.90. The number of benzene rings is 1. The lowest BCUT2D eigenvalue weighted by Crippen LogP contribution is -2.13. The van der Waals surface area contributed by atoms with Gasteiger partial charge < -0.3 is 4.74 Å². The van der Waals surface area contributed by atoms with Gasteiger partial charge in [-0.3, -0.25) is 4.79 Å². The molecule has 1 saturated carbocycles. The molecule has 1 fully saturated rings. The quantitative estimate of drug-likeness (QED) is 0.719. The van der Waals surface area contributed by atoms with Gasteiger partial charge in [-0.05, 0) is 41.7 Å². The van der Waals surface area contributed by atoms with Crippen molar-refractivity contribution < 1.29 is 9.53 Å². The van der Waals surface area contributed by atoms with Crippen molar-refractivity contribution in [3.8, 4) is 0 Å². The van der Waals surface area contributed by atoms with Crippen molar-refractivity contribution in [1.29, 1.82) is 0 Å². The number of esters is 1. The molecule has 0 N–H and O–H groups in total. The lowest BCUT2D eigenvalue weighted by Gasteiger charge is -2.13. The van der Waals surface area contributed by atoms with Gasteiger partial charge in [-0.2, -0.15) is 11.8 Å². The summed E-state index contributed by atoms with van der Waals surface area (Å²) >= 11 is 13.8. The van der Waals surface area contributed by atoms with Crippen molar-refractivity contribution in [2.24, 2.45) is 5.41 Å². The molecule has 19 heavy (non-hydrogen) atoms. The number of carbonyl (C=O) groups excluding carboxylic acids is 1. The molecule has 1 aromatic rings. The Morgan fingerprint density at radius 2 is 2.16 bits per heavy atom. The zero-order valence-corrected chi connectivity index (χ0v) is 13.1. The molecule has 2 rings (SSSR count). The number of carbonyl (C=O) groups is 1. The molecule has 104 valence electrons. The average Bonchev–Trinajstić information content (AvgIpc) is 3.12. The molecular formula is C14H16Cl2O2S. The fraction of sp³-hybridized carbons (Fsp3) is 0.500. The maximum Gasteiger partial charge on any atom is 0.306 e. The Morgan fingerprint density at radius 1 is 1.42 bits per heavy atom. The van der Waals surface area contributed by atoms with Gasteiger partial charge in [-0.25, -0.2) is 0 Å². The van der Waals surface area contributed by atoms with Crippen LogP contribution in [-0.2, 0) is 15.3 Å². The third-order valence-electron chi connectivity index (χ3n) is 3.39. The van der Waals surface area contributed by atoms with Crippen molar-refractivity contribution >= 4 is 40.9 Å². The lowest BCUT2D eigenvalue weighted by atomic mass is 10.1. The van der Waals surface area contributed by atoms with Crippen LogP contribution in [0.25, 0.3) is 0 Å². The highest BCUT2D eigenvalue weighted by Gasteiger charge is 2.44. The number of ether oxygens (including phenoxy) is 1.